The summed E-state index contributed by atoms with van der Waals surface area (Å²) in [5.41, 5.74) is 7.40. The molecule has 0 saturated carbocycles. The van der Waals surface area contributed by atoms with Crippen molar-refractivity contribution in [3.63, 3.8) is 0 Å². The van der Waals surface area contributed by atoms with E-state index in [0.717, 1.165) is 16.9 Å². The predicted octanol–water partition coefficient (Wildman–Crippen LogP) is 3.77. The molecule has 4 N–H and O–H groups in total. The van der Waals surface area contributed by atoms with E-state index in [9.17, 15) is 19.5 Å². The number of anilines is 1. The molecule has 0 spiro atoms. The van der Waals surface area contributed by atoms with Crippen molar-refractivity contribution in [3.8, 4) is 5.75 Å². The summed E-state index contributed by atoms with van der Waals surface area (Å²) in [5, 5.41) is 16.8. The lowest BCUT2D eigenvalue weighted by Gasteiger charge is -2.26. The summed E-state index contributed by atoms with van der Waals surface area (Å²) >= 11 is 6.21. The molecule has 210 valence electrons. The van der Waals surface area contributed by atoms with Gasteiger partial charge in [0.1, 0.15) is 12.9 Å². The molecule has 2 aromatic carbocycles. The van der Waals surface area contributed by atoms with Crippen LogP contribution >= 0.6 is 11.6 Å². The third kappa shape index (κ3) is 7.11. The highest BCUT2D eigenvalue weighted by molar-refractivity contribution is 6.30. The van der Waals surface area contributed by atoms with Gasteiger partial charge in [-0.3, -0.25) is 9.69 Å². The molecule has 0 bridgehead atoms. The lowest BCUT2D eigenvalue weighted by molar-refractivity contribution is -0.131. The Morgan fingerprint density at radius 3 is 2.62 bits per heavy atom. The van der Waals surface area contributed by atoms with E-state index in [-0.39, 0.29) is 30.8 Å². The predicted molar refractivity (Wildman–Crippen MR) is 148 cm³/mol. The zero-order chi connectivity index (χ0) is 28.7. The average molecular weight is 560 g/mol. The van der Waals surface area contributed by atoms with Crippen molar-refractivity contribution >= 4 is 41.0 Å². The second kappa shape index (κ2) is 13.2. The average Bonchev–Trinajstić information content (AvgIpc) is 3.00. The molecule has 2 aromatic rings. The number of nitrogen functional groups attached to an aromatic ring is 1. The minimum atomic E-state index is -1.14. The van der Waals surface area contributed by atoms with E-state index in [4.69, 9.17) is 26.9 Å². The van der Waals surface area contributed by atoms with Crippen LogP contribution in [0.15, 0.2) is 41.6 Å². The number of rotatable bonds is 9. The van der Waals surface area contributed by atoms with Crippen LogP contribution in [0.25, 0.3) is 0 Å². The van der Waals surface area contributed by atoms with Crippen molar-refractivity contribution in [2.75, 3.05) is 40.1 Å². The Labute approximate surface area is 232 Å². The third-order valence-electron chi connectivity index (χ3n) is 6.58. The number of hydrogen-bond donors (Lipinski definition) is 3. The molecule has 0 aliphatic carbocycles. The van der Waals surface area contributed by atoms with E-state index in [1.807, 2.05) is 6.92 Å². The van der Waals surface area contributed by atoms with Gasteiger partial charge in [-0.2, -0.15) is 0 Å². The van der Waals surface area contributed by atoms with E-state index in [1.165, 1.54) is 19.2 Å². The van der Waals surface area contributed by atoms with E-state index in [2.05, 4.69) is 10.5 Å². The van der Waals surface area contributed by atoms with E-state index >= 15 is 0 Å². The quantitative estimate of drug-likeness (QED) is 0.311. The number of amidine groups is 1. The van der Waals surface area contributed by atoms with Gasteiger partial charge in [0.2, 0.25) is 5.91 Å². The fourth-order valence-corrected chi connectivity index (χ4v) is 4.80. The van der Waals surface area contributed by atoms with Crippen LogP contribution in [0.2, 0.25) is 5.02 Å². The largest absolute Gasteiger partial charge is 0.496 e. The molecule has 1 aliphatic rings. The highest BCUT2D eigenvalue weighted by Gasteiger charge is 2.37. The van der Waals surface area contributed by atoms with Crippen molar-refractivity contribution in [2.45, 2.75) is 32.2 Å². The summed E-state index contributed by atoms with van der Waals surface area (Å²) in [4.78, 5) is 46.7. The normalized spacial score (nSPS) is 17.5. The number of imide groups is 1. The topological polar surface area (TPSA) is 147 Å². The lowest BCUT2D eigenvalue weighted by Crippen LogP contribution is -2.48. The Bertz CT molecular complexity index is 1250. The van der Waals surface area contributed by atoms with Gasteiger partial charge < -0.3 is 30.6 Å². The summed E-state index contributed by atoms with van der Waals surface area (Å²) in [6.07, 6.45) is 1.54. The number of likely N-dealkylation sites (N-methyl/N-ethyl adjacent to an activating group) is 1. The van der Waals surface area contributed by atoms with Crippen LogP contribution in [0.5, 0.6) is 5.75 Å². The maximum atomic E-state index is 13.8. The second-order valence-electron chi connectivity index (χ2n) is 9.29. The molecule has 3 rings (SSSR count). The number of halogens is 1. The van der Waals surface area contributed by atoms with Crippen molar-refractivity contribution in [1.29, 1.82) is 0 Å². The van der Waals surface area contributed by atoms with Gasteiger partial charge in [0.15, 0.2) is 5.84 Å². The number of carbonyl (C=O) groups is 3. The number of nitrogens with two attached hydrogens (primary N) is 1. The standard InChI is InChI=1S/C27H34ClN5O6/c1-5-6-22(16-7-9-20(26(35)36)21(29)13-16)30-27(37)33-15-24(31-39-4)32(2)14-18(25(33)34)11-17-12-19(28)8-10-23(17)38-3/h7-10,12-13,18,22H,5-6,11,14-15,29H2,1-4H3,(H,30,37)(H,35,36)/b31-24+/t18-,22+/m0/s1. The number of ether oxygens (including phenoxy) is 1. The summed E-state index contributed by atoms with van der Waals surface area (Å²) < 4.78 is 5.46. The summed E-state index contributed by atoms with van der Waals surface area (Å²) in [7, 11) is 4.72. The van der Waals surface area contributed by atoms with E-state index in [1.54, 1.807) is 43.3 Å². The van der Waals surface area contributed by atoms with Crippen LogP contribution in [0, 0.1) is 5.92 Å². The number of aromatic carboxylic acids is 1. The molecule has 2 atom stereocenters. The van der Waals surface area contributed by atoms with Crippen LogP contribution in [0.4, 0.5) is 10.5 Å². The molecule has 0 aromatic heterocycles. The molecule has 1 aliphatic heterocycles. The Balaban J connectivity index is 1.93. The van der Waals surface area contributed by atoms with Crippen molar-refractivity contribution < 1.29 is 29.1 Å². The van der Waals surface area contributed by atoms with E-state index < -0.39 is 29.9 Å². The highest BCUT2D eigenvalue weighted by atomic mass is 35.5. The van der Waals surface area contributed by atoms with Gasteiger partial charge in [-0.25, -0.2) is 9.59 Å². The molecule has 39 heavy (non-hydrogen) atoms. The maximum Gasteiger partial charge on any atom is 0.337 e. The van der Waals surface area contributed by atoms with Crippen LogP contribution in [0.1, 0.15) is 47.3 Å². The first-order chi connectivity index (χ1) is 18.6. The number of urea groups is 1. The number of nitrogens with one attached hydrogen (secondary N) is 1. The molecule has 12 heteroatoms. The van der Waals surface area contributed by atoms with E-state index in [0.29, 0.717) is 28.6 Å². The smallest absolute Gasteiger partial charge is 0.337 e. The molecule has 1 fully saturated rings. The number of carboxylic acids is 1. The van der Waals surface area contributed by atoms with Crippen molar-refractivity contribution in [3.05, 3.63) is 58.1 Å². The summed E-state index contributed by atoms with van der Waals surface area (Å²) in [6, 6.07) is 8.64. The molecule has 3 amide bonds. The fraction of sp³-hybridized carbons (Fsp3) is 0.407. The number of amides is 3. The Morgan fingerprint density at radius 1 is 1.26 bits per heavy atom. The number of methoxy groups -OCH3 is 1. The number of carboxylic acid groups (broad SMARTS) is 1. The summed E-state index contributed by atoms with van der Waals surface area (Å²) in [6.45, 7) is 2.14. The van der Waals surface area contributed by atoms with Crippen LogP contribution < -0.4 is 15.8 Å². The molecular formula is C27H34ClN5O6. The van der Waals surface area contributed by atoms with Gasteiger partial charge in [-0.1, -0.05) is 36.2 Å². The number of benzene rings is 2. The van der Waals surface area contributed by atoms with Crippen LogP contribution in [-0.4, -0.2) is 73.0 Å². The molecule has 0 radical (unpaired) electrons. The van der Waals surface area contributed by atoms with Crippen LogP contribution in [0.3, 0.4) is 0 Å². The molecular weight excluding hydrogens is 526 g/mol. The van der Waals surface area contributed by atoms with Crippen molar-refractivity contribution in [1.82, 2.24) is 15.1 Å². The van der Waals surface area contributed by atoms with Gasteiger partial charge in [-0.15, -0.1) is 0 Å². The molecule has 0 unspecified atom stereocenters. The Hall–Kier alpha value is -3.99. The maximum absolute atomic E-state index is 13.8. The highest BCUT2D eigenvalue weighted by Crippen LogP contribution is 2.28. The molecule has 11 nitrogen and oxygen atoms in total. The SMILES string of the molecule is CCC[C@@H](NC(=O)N1C/C(=N\OC)N(C)C[C@H](Cc2cc(Cl)ccc2OC)C1=O)c1ccc(C(=O)O)c(N)c1. The zero-order valence-electron chi connectivity index (χ0n) is 22.4. The first-order valence-corrected chi connectivity index (χ1v) is 12.8. The first-order valence-electron chi connectivity index (χ1n) is 12.5. The lowest BCUT2D eigenvalue weighted by atomic mass is 9.97. The molecule has 1 saturated heterocycles. The first kappa shape index (κ1) is 29.6. The van der Waals surface area contributed by atoms with Gasteiger partial charge in [0.05, 0.1) is 31.2 Å². The monoisotopic (exact) mass is 559 g/mol. The van der Waals surface area contributed by atoms with Gasteiger partial charge >= 0.3 is 12.0 Å². The minimum Gasteiger partial charge on any atom is -0.496 e. The van der Waals surface area contributed by atoms with Crippen LogP contribution in [-0.2, 0) is 16.1 Å². The third-order valence-corrected chi connectivity index (χ3v) is 6.82. The Morgan fingerprint density at radius 2 is 2.00 bits per heavy atom. The Kier molecular flexibility index (Phi) is 10.00. The number of hydrogen-bond acceptors (Lipinski definition) is 7. The minimum absolute atomic E-state index is 0.0224. The molecule has 1 heterocycles. The van der Waals surface area contributed by atoms with Gasteiger partial charge in [0.25, 0.3) is 0 Å². The van der Waals surface area contributed by atoms with Gasteiger partial charge in [0, 0.05) is 24.3 Å². The zero-order valence-corrected chi connectivity index (χ0v) is 23.2. The number of oxime groups is 1. The van der Waals surface area contributed by atoms with Crippen molar-refractivity contribution in [2.24, 2.45) is 11.1 Å². The second-order valence-corrected chi connectivity index (χ2v) is 9.73. The van der Waals surface area contributed by atoms with Gasteiger partial charge in [-0.05, 0) is 54.3 Å². The number of nitrogens with zero attached hydrogens (tertiary/aromatic N) is 3. The fourth-order valence-electron chi connectivity index (χ4n) is 4.60. The number of carbonyl (C=O) groups excluding carboxylic acids is 2. The summed E-state index contributed by atoms with van der Waals surface area (Å²) in [5.74, 6) is -1.15.